The normalized spacial score (nSPS) is 54.1. The number of fused-ring (bicyclic) bond motifs is 3. The highest BCUT2D eigenvalue weighted by atomic mass is 32.1. The van der Waals surface area contributed by atoms with Crippen molar-refractivity contribution in [3.05, 3.63) is 0 Å². The van der Waals surface area contributed by atoms with Gasteiger partial charge in [-0.3, -0.25) is 0 Å². The standard InChI is InChI=1S/C14H24N2O6S/c17-6-9-10(18)11(19)12(20)13(21-9)22-14(23)15-8-5-16-3-1-7(8)2-4-16/h7-13,17-20H,1-6H2,(H,15,23)/t8?,9-,10-,11+,12-,13+/m1/s1/i5D,8D/t5?,8?,9-,10-,11+,12-,13+. The van der Waals surface area contributed by atoms with E-state index in [9.17, 15) is 20.4 Å². The second-order valence-corrected chi connectivity index (χ2v) is 6.49. The van der Waals surface area contributed by atoms with Crippen molar-refractivity contribution in [2.45, 2.75) is 49.6 Å². The largest absolute Gasteiger partial charge is 0.438 e. The van der Waals surface area contributed by atoms with Gasteiger partial charge in [0.2, 0.25) is 6.29 Å². The average Bonchev–Trinajstić information content (AvgIpc) is 2.60. The SMILES string of the molecule is [2H]C1N2CCC(CC2)C1([2H])NC(=S)O[C@@H]1O[C@H](CO)[C@@H](O)[C@H](O)[C@H]1O. The first kappa shape index (κ1) is 14.8. The van der Waals surface area contributed by atoms with Crippen molar-refractivity contribution in [3.8, 4) is 0 Å². The maximum Gasteiger partial charge on any atom is 0.259 e. The Hall–Kier alpha value is -0.550. The highest BCUT2D eigenvalue weighted by Gasteiger charge is 2.45. The van der Waals surface area contributed by atoms with Crippen molar-refractivity contribution in [2.24, 2.45) is 5.92 Å². The number of aliphatic hydroxyl groups excluding tert-OH is 4. The molecule has 4 fully saturated rings. The van der Waals surface area contributed by atoms with Crippen LogP contribution < -0.4 is 5.32 Å². The summed E-state index contributed by atoms with van der Waals surface area (Å²) in [7, 11) is 0. The summed E-state index contributed by atoms with van der Waals surface area (Å²) in [6.07, 6.45) is -5.55. The average molecular weight is 350 g/mol. The monoisotopic (exact) mass is 350 g/mol. The van der Waals surface area contributed by atoms with Crippen molar-refractivity contribution in [1.82, 2.24) is 10.2 Å². The molecular weight excluding hydrogens is 324 g/mol. The van der Waals surface area contributed by atoms with Crippen LogP contribution in [0.3, 0.4) is 0 Å². The maximum absolute atomic E-state index is 9.98. The lowest BCUT2D eigenvalue weighted by molar-refractivity contribution is -0.281. The number of nitrogens with one attached hydrogen (secondary N) is 1. The molecule has 4 heterocycles. The zero-order valence-electron chi connectivity index (χ0n) is 14.5. The van der Waals surface area contributed by atoms with Gasteiger partial charge >= 0.3 is 0 Å². The molecule has 23 heavy (non-hydrogen) atoms. The number of hydrogen-bond acceptors (Lipinski definition) is 8. The first-order valence-corrected chi connectivity index (χ1v) is 8.14. The fourth-order valence-corrected chi connectivity index (χ4v) is 3.41. The quantitative estimate of drug-likeness (QED) is 0.361. The fraction of sp³-hybridized carbons (Fsp3) is 0.929. The summed E-state index contributed by atoms with van der Waals surface area (Å²) in [6.45, 7) is 0.193. The van der Waals surface area contributed by atoms with E-state index in [4.69, 9.17) is 24.4 Å². The van der Waals surface area contributed by atoms with Gasteiger partial charge in [0.05, 0.1) is 7.98 Å². The van der Waals surface area contributed by atoms with Crippen LogP contribution in [0.4, 0.5) is 0 Å². The number of thiocarbonyl (C=S) groups is 1. The first-order valence-electron chi connectivity index (χ1n) is 8.81. The summed E-state index contributed by atoms with van der Waals surface area (Å²) >= 11 is 5.10. The number of hydrogen-bond donors (Lipinski definition) is 5. The summed E-state index contributed by atoms with van der Waals surface area (Å²) in [5.74, 6) is -0.0450. The fourth-order valence-electron chi connectivity index (χ4n) is 3.19. The van der Waals surface area contributed by atoms with E-state index in [2.05, 4.69) is 5.32 Å². The molecular formula is C14H24N2O6S. The van der Waals surface area contributed by atoms with E-state index in [0.717, 1.165) is 25.9 Å². The lowest BCUT2D eigenvalue weighted by Crippen LogP contribution is -2.61. The minimum absolute atomic E-state index is 0.0450. The number of aliphatic hydroxyl groups is 4. The van der Waals surface area contributed by atoms with Crippen LogP contribution in [-0.2, 0) is 9.47 Å². The Labute approximate surface area is 142 Å². The smallest absolute Gasteiger partial charge is 0.259 e. The van der Waals surface area contributed by atoms with E-state index in [0.29, 0.717) is 0 Å². The molecule has 2 unspecified atom stereocenters. The Balaban J connectivity index is 1.64. The second-order valence-electron chi connectivity index (χ2n) is 6.12. The Kier molecular flexibility index (Phi) is 4.58. The summed E-state index contributed by atoms with van der Waals surface area (Å²) < 4.78 is 27.4. The highest BCUT2D eigenvalue weighted by molar-refractivity contribution is 7.80. The van der Waals surface area contributed by atoms with Gasteiger partial charge in [0, 0.05) is 13.9 Å². The number of piperidine rings is 3. The van der Waals surface area contributed by atoms with Crippen molar-refractivity contribution in [3.63, 3.8) is 0 Å². The molecule has 0 aromatic heterocycles. The molecule has 4 rings (SSSR count). The molecule has 9 heteroatoms. The van der Waals surface area contributed by atoms with Crippen LogP contribution >= 0.6 is 12.2 Å². The third kappa shape index (κ3) is 3.60. The van der Waals surface area contributed by atoms with Crippen LogP contribution in [0.2, 0.25) is 0 Å². The topological polar surface area (TPSA) is 115 Å². The second kappa shape index (κ2) is 7.14. The van der Waals surface area contributed by atoms with Crippen LogP contribution in [-0.4, -0.2) is 93.4 Å². The lowest BCUT2D eigenvalue weighted by atomic mass is 9.84. The van der Waals surface area contributed by atoms with Crippen LogP contribution in [0.1, 0.15) is 15.6 Å². The summed E-state index contributed by atoms with van der Waals surface area (Å²) in [5.41, 5.74) is 0. The van der Waals surface area contributed by atoms with Crippen LogP contribution in [0.25, 0.3) is 0 Å². The predicted octanol–water partition coefficient (Wildman–Crippen LogP) is -2.23. The minimum atomic E-state index is -1.57. The molecule has 0 aliphatic carbocycles. The Morgan fingerprint density at radius 2 is 2.00 bits per heavy atom. The molecule has 0 saturated carbocycles. The van der Waals surface area contributed by atoms with E-state index < -0.39 is 49.9 Å². The molecule has 7 atom stereocenters. The first-order chi connectivity index (χ1) is 11.8. The third-order valence-corrected chi connectivity index (χ3v) is 4.81. The highest BCUT2D eigenvalue weighted by Crippen LogP contribution is 2.28. The van der Waals surface area contributed by atoms with Gasteiger partial charge in [-0.1, -0.05) is 0 Å². The molecule has 2 bridgehead atoms. The zero-order chi connectivity index (χ0) is 18.4. The van der Waals surface area contributed by atoms with E-state index in [-0.39, 0.29) is 11.1 Å². The summed E-state index contributed by atoms with van der Waals surface area (Å²) in [5, 5.41) is 41.2. The van der Waals surface area contributed by atoms with Crippen molar-refractivity contribution < 1.29 is 32.6 Å². The van der Waals surface area contributed by atoms with Gasteiger partial charge in [-0.15, -0.1) is 0 Å². The summed E-state index contributed by atoms with van der Waals surface area (Å²) in [4.78, 5) is 1.90. The van der Waals surface area contributed by atoms with E-state index in [1.54, 1.807) is 0 Å². The molecule has 132 valence electrons. The molecule has 0 spiro atoms. The Morgan fingerprint density at radius 1 is 1.30 bits per heavy atom. The van der Waals surface area contributed by atoms with Gasteiger partial charge < -0.3 is 40.1 Å². The van der Waals surface area contributed by atoms with Crippen molar-refractivity contribution in [2.75, 3.05) is 26.2 Å². The zero-order valence-corrected chi connectivity index (χ0v) is 13.4. The van der Waals surface area contributed by atoms with Gasteiger partial charge in [-0.25, -0.2) is 0 Å². The number of rotatable bonds is 3. The van der Waals surface area contributed by atoms with Gasteiger partial charge in [-0.2, -0.15) is 0 Å². The maximum atomic E-state index is 9.98. The van der Waals surface area contributed by atoms with Crippen LogP contribution in [0.15, 0.2) is 0 Å². The molecule has 4 aliphatic rings. The molecule has 4 saturated heterocycles. The molecule has 0 radical (unpaired) electrons. The van der Waals surface area contributed by atoms with Gasteiger partial charge in [0.25, 0.3) is 5.17 Å². The van der Waals surface area contributed by atoms with Gasteiger partial charge in [0.1, 0.15) is 24.4 Å². The van der Waals surface area contributed by atoms with E-state index in [1.165, 1.54) is 0 Å². The minimum Gasteiger partial charge on any atom is -0.438 e. The summed E-state index contributed by atoms with van der Waals surface area (Å²) in [6, 6.07) is -1.33. The molecule has 8 nitrogen and oxygen atoms in total. The molecule has 4 aliphatic heterocycles. The number of ether oxygens (including phenoxy) is 2. The van der Waals surface area contributed by atoms with Crippen LogP contribution in [0.5, 0.6) is 0 Å². The Morgan fingerprint density at radius 3 is 2.61 bits per heavy atom. The van der Waals surface area contributed by atoms with Crippen molar-refractivity contribution >= 4 is 17.4 Å². The molecule has 0 amide bonds. The van der Waals surface area contributed by atoms with Crippen LogP contribution in [0, 0.1) is 5.92 Å². The van der Waals surface area contributed by atoms with E-state index >= 15 is 0 Å². The van der Waals surface area contributed by atoms with Gasteiger partial charge in [-0.05, 0) is 44.1 Å². The molecule has 0 aromatic rings. The molecule has 5 N–H and O–H groups in total. The van der Waals surface area contributed by atoms with Crippen molar-refractivity contribution in [1.29, 1.82) is 0 Å². The third-order valence-electron chi connectivity index (χ3n) is 4.61. The molecule has 0 aromatic carbocycles. The van der Waals surface area contributed by atoms with E-state index in [1.807, 2.05) is 4.90 Å². The predicted molar refractivity (Wildman–Crippen MR) is 83.5 cm³/mol. The Bertz CT molecular complexity index is 506. The lowest BCUT2D eigenvalue weighted by Gasteiger charge is -2.45. The number of nitrogens with zero attached hydrogens (tertiary/aromatic N) is 1. The van der Waals surface area contributed by atoms with Gasteiger partial charge in [0.15, 0.2) is 0 Å².